The summed E-state index contributed by atoms with van der Waals surface area (Å²) in [5.41, 5.74) is 1.63. The van der Waals surface area contributed by atoms with E-state index in [0.29, 0.717) is 17.0 Å². The zero-order chi connectivity index (χ0) is 19.4. The van der Waals surface area contributed by atoms with Crippen molar-refractivity contribution in [3.63, 3.8) is 0 Å². The molecule has 0 radical (unpaired) electrons. The van der Waals surface area contributed by atoms with Crippen molar-refractivity contribution in [2.24, 2.45) is 0 Å². The number of hydrogen-bond donors (Lipinski definition) is 1. The summed E-state index contributed by atoms with van der Waals surface area (Å²) >= 11 is 0. The van der Waals surface area contributed by atoms with Crippen LogP contribution in [0.5, 0.6) is 0 Å². The van der Waals surface area contributed by atoms with Crippen molar-refractivity contribution >= 4 is 11.9 Å². The molecule has 3 rings (SSSR count). The molecule has 1 atom stereocenters. The number of nitrogens with zero attached hydrogens (tertiary/aromatic N) is 2. The molecule has 0 saturated heterocycles. The SMILES string of the molecule is COC(=O)CC(C)NC(=O)c1cn(-c2ccccc2)nc1-c1ccc(C)o1. The van der Waals surface area contributed by atoms with Gasteiger partial charge in [0.2, 0.25) is 0 Å². The van der Waals surface area contributed by atoms with Crippen molar-refractivity contribution in [1.82, 2.24) is 15.1 Å². The number of ether oxygens (including phenoxy) is 1. The van der Waals surface area contributed by atoms with Gasteiger partial charge in [0.15, 0.2) is 5.76 Å². The number of benzene rings is 1. The van der Waals surface area contributed by atoms with Crippen LogP contribution in [-0.2, 0) is 9.53 Å². The number of amides is 1. The van der Waals surface area contributed by atoms with Crippen LogP contribution >= 0.6 is 0 Å². The van der Waals surface area contributed by atoms with Crippen LogP contribution in [0.2, 0.25) is 0 Å². The minimum Gasteiger partial charge on any atom is -0.469 e. The third-order valence-corrected chi connectivity index (χ3v) is 4.03. The number of aryl methyl sites for hydroxylation is 1. The van der Waals surface area contributed by atoms with Gasteiger partial charge in [-0.15, -0.1) is 0 Å². The van der Waals surface area contributed by atoms with Crippen molar-refractivity contribution in [3.8, 4) is 17.1 Å². The second kappa shape index (κ2) is 7.90. The summed E-state index contributed by atoms with van der Waals surface area (Å²) in [6.07, 6.45) is 1.74. The molecule has 0 aliphatic carbocycles. The van der Waals surface area contributed by atoms with Gasteiger partial charge in [-0.2, -0.15) is 5.10 Å². The highest BCUT2D eigenvalue weighted by atomic mass is 16.5. The fourth-order valence-electron chi connectivity index (χ4n) is 2.68. The Morgan fingerprint density at radius 3 is 2.59 bits per heavy atom. The van der Waals surface area contributed by atoms with Crippen LogP contribution in [0.4, 0.5) is 0 Å². The van der Waals surface area contributed by atoms with Gasteiger partial charge in [0, 0.05) is 12.2 Å². The van der Waals surface area contributed by atoms with Gasteiger partial charge in [-0.25, -0.2) is 4.68 Å². The molecular weight excluding hydrogens is 346 g/mol. The average Bonchev–Trinajstić information content (AvgIpc) is 3.28. The van der Waals surface area contributed by atoms with E-state index in [4.69, 9.17) is 4.42 Å². The molecule has 1 aromatic carbocycles. The molecule has 0 saturated carbocycles. The van der Waals surface area contributed by atoms with E-state index < -0.39 is 0 Å². The molecule has 0 bridgehead atoms. The molecule has 7 nitrogen and oxygen atoms in total. The molecule has 1 amide bonds. The van der Waals surface area contributed by atoms with E-state index in [1.165, 1.54) is 7.11 Å². The first-order chi connectivity index (χ1) is 13.0. The van der Waals surface area contributed by atoms with Crippen molar-refractivity contribution < 1.29 is 18.7 Å². The Morgan fingerprint density at radius 2 is 1.96 bits per heavy atom. The molecule has 1 N–H and O–H groups in total. The molecule has 140 valence electrons. The zero-order valence-corrected chi connectivity index (χ0v) is 15.4. The Bertz CT molecular complexity index is 943. The molecule has 0 aliphatic heterocycles. The molecule has 2 heterocycles. The fraction of sp³-hybridized carbons (Fsp3) is 0.250. The van der Waals surface area contributed by atoms with Crippen molar-refractivity contribution in [3.05, 3.63) is 60.0 Å². The number of aromatic nitrogens is 2. The maximum Gasteiger partial charge on any atom is 0.307 e. The number of hydrogen-bond acceptors (Lipinski definition) is 5. The van der Waals surface area contributed by atoms with E-state index in [2.05, 4.69) is 15.2 Å². The first-order valence-electron chi connectivity index (χ1n) is 8.57. The van der Waals surface area contributed by atoms with Crippen LogP contribution < -0.4 is 5.32 Å². The van der Waals surface area contributed by atoms with Crippen LogP contribution in [0, 0.1) is 6.92 Å². The second-order valence-corrected chi connectivity index (χ2v) is 6.24. The minimum absolute atomic E-state index is 0.0876. The molecule has 27 heavy (non-hydrogen) atoms. The fourth-order valence-corrected chi connectivity index (χ4v) is 2.68. The summed E-state index contributed by atoms with van der Waals surface area (Å²) in [6.45, 7) is 3.57. The van der Waals surface area contributed by atoms with E-state index in [9.17, 15) is 9.59 Å². The van der Waals surface area contributed by atoms with Gasteiger partial charge in [0.05, 0.1) is 24.8 Å². The smallest absolute Gasteiger partial charge is 0.307 e. The minimum atomic E-state index is -0.385. The van der Waals surface area contributed by atoms with Crippen molar-refractivity contribution in [2.45, 2.75) is 26.3 Å². The van der Waals surface area contributed by atoms with Gasteiger partial charge in [0.25, 0.3) is 5.91 Å². The average molecular weight is 367 g/mol. The molecule has 1 unspecified atom stereocenters. The van der Waals surface area contributed by atoms with E-state index in [1.807, 2.05) is 43.3 Å². The maximum absolute atomic E-state index is 12.8. The predicted molar refractivity (Wildman–Crippen MR) is 99.6 cm³/mol. The number of carbonyl (C=O) groups excluding carboxylic acids is 2. The van der Waals surface area contributed by atoms with Gasteiger partial charge in [-0.1, -0.05) is 18.2 Å². The lowest BCUT2D eigenvalue weighted by Crippen LogP contribution is -2.34. The highest BCUT2D eigenvalue weighted by Gasteiger charge is 2.22. The highest BCUT2D eigenvalue weighted by Crippen LogP contribution is 2.25. The van der Waals surface area contributed by atoms with E-state index in [-0.39, 0.29) is 24.3 Å². The molecule has 0 fully saturated rings. The Morgan fingerprint density at radius 1 is 1.22 bits per heavy atom. The monoisotopic (exact) mass is 367 g/mol. The van der Waals surface area contributed by atoms with E-state index >= 15 is 0 Å². The summed E-state index contributed by atoms with van der Waals surface area (Å²) in [6, 6.07) is 12.7. The van der Waals surface area contributed by atoms with Crippen molar-refractivity contribution in [2.75, 3.05) is 7.11 Å². The lowest BCUT2D eigenvalue weighted by atomic mass is 10.1. The van der Waals surface area contributed by atoms with Crippen LogP contribution in [0.1, 0.15) is 29.5 Å². The summed E-state index contributed by atoms with van der Waals surface area (Å²) in [5.74, 6) is 0.514. The lowest BCUT2D eigenvalue weighted by molar-refractivity contribution is -0.141. The Labute approximate surface area is 156 Å². The van der Waals surface area contributed by atoms with Crippen LogP contribution in [0.3, 0.4) is 0 Å². The quantitative estimate of drug-likeness (QED) is 0.677. The standard InChI is InChI=1S/C20H21N3O4/c1-13(11-18(24)26-3)21-20(25)16-12-23(15-7-5-4-6-8-15)22-19(16)17-10-9-14(2)27-17/h4-10,12-13H,11H2,1-3H3,(H,21,25). The van der Waals surface area contributed by atoms with Gasteiger partial charge >= 0.3 is 5.97 Å². The van der Waals surface area contributed by atoms with Gasteiger partial charge in [0.1, 0.15) is 11.5 Å². The number of esters is 1. The number of nitrogens with one attached hydrogen (secondary N) is 1. The number of para-hydroxylation sites is 1. The summed E-state index contributed by atoms with van der Waals surface area (Å²) < 4.78 is 11.9. The molecule has 0 spiro atoms. The first-order valence-corrected chi connectivity index (χ1v) is 8.57. The van der Waals surface area contributed by atoms with Gasteiger partial charge < -0.3 is 14.5 Å². The number of rotatable bonds is 6. The normalized spacial score (nSPS) is 11.8. The highest BCUT2D eigenvalue weighted by molar-refractivity contribution is 5.99. The van der Waals surface area contributed by atoms with Gasteiger partial charge in [-0.3, -0.25) is 9.59 Å². The number of carbonyl (C=O) groups is 2. The molecular formula is C20H21N3O4. The van der Waals surface area contributed by atoms with Gasteiger partial charge in [-0.05, 0) is 38.1 Å². The lowest BCUT2D eigenvalue weighted by Gasteiger charge is -2.12. The first kappa shape index (κ1) is 18.4. The molecule has 3 aromatic rings. The molecule has 0 aliphatic rings. The predicted octanol–water partition coefficient (Wildman–Crippen LogP) is 3.12. The van der Waals surface area contributed by atoms with Crippen LogP contribution in [-0.4, -0.2) is 34.8 Å². The summed E-state index contributed by atoms with van der Waals surface area (Å²) in [5, 5.41) is 7.35. The Kier molecular flexibility index (Phi) is 5.40. The largest absolute Gasteiger partial charge is 0.469 e. The van der Waals surface area contributed by atoms with E-state index in [0.717, 1.165) is 11.4 Å². The number of furan rings is 1. The van der Waals surface area contributed by atoms with Crippen molar-refractivity contribution in [1.29, 1.82) is 0 Å². The molecule has 2 aromatic heterocycles. The second-order valence-electron chi connectivity index (χ2n) is 6.24. The maximum atomic E-state index is 12.8. The third kappa shape index (κ3) is 4.25. The number of methoxy groups -OCH3 is 1. The third-order valence-electron chi connectivity index (χ3n) is 4.03. The summed E-state index contributed by atoms with van der Waals surface area (Å²) in [4.78, 5) is 24.2. The van der Waals surface area contributed by atoms with E-state index in [1.54, 1.807) is 23.9 Å². The van der Waals surface area contributed by atoms with Crippen LogP contribution in [0.15, 0.2) is 53.1 Å². The Balaban J connectivity index is 1.93. The zero-order valence-electron chi connectivity index (χ0n) is 15.4. The van der Waals surface area contributed by atoms with Crippen LogP contribution in [0.25, 0.3) is 17.1 Å². The molecule has 7 heteroatoms. The summed E-state index contributed by atoms with van der Waals surface area (Å²) in [7, 11) is 1.32. The Hall–Kier alpha value is -3.35. The topological polar surface area (TPSA) is 86.4 Å².